The molecule has 3 unspecified atom stereocenters. The molecule has 1 aliphatic rings. The van der Waals surface area contributed by atoms with Crippen molar-refractivity contribution in [2.45, 2.75) is 58.9 Å². The smallest absolute Gasteiger partial charge is 0.145 e. The van der Waals surface area contributed by atoms with Gasteiger partial charge >= 0.3 is 0 Å². The molecular formula is C15H27N5. The van der Waals surface area contributed by atoms with Crippen LogP contribution in [0.4, 0.5) is 11.6 Å². The monoisotopic (exact) mass is 277 g/mol. The van der Waals surface area contributed by atoms with Gasteiger partial charge in [-0.25, -0.2) is 15.8 Å². The number of aromatic nitrogens is 2. The molecule has 5 heteroatoms. The van der Waals surface area contributed by atoms with E-state index < -0.39 is 0 Å². The number of hydrazine groups is 1. The highest BCUT2D eigenvalue weighted by molar-refractivity contribution is 5.47. The van der Waals surface area contributed by atoms with Crippen LogP contribution in [0.15, 0.2) is 6.07 Å². The molecule has 0 amide bonds. The van der Waals surface area contributed by atoms with Crippen LogP contribution >= 0.6 is 0 Å². The number of nitrogens with two attached hydrogens (primary N) is 1. The van der Waals surface area contributed by atoms with Crippen molar-refractivity contribution >= 4 is 11.6 Å². The Labute approximate surface area is 121 Å². The van der Waals surface area contributed by atoms with Crippen LogP contribution in [0.1, 0.15) is 58.7 Å². The lowest BCUT2D eigenvalue weighted by atomic mass is 9.79. The third kappa shape index (κ3) is 3.60. The van der Waals surface area contributed by atoms with Gasteiger partial charge in [-0.1, -0.05) is 27.7 Å². The van der Waals surface area contributed by atoms with Crippen molar-refractivity contribution < 1.29 is 0 Å². The number of hydrogen-bond donors (Lipinski definition) is 3. The fraction of sp³-hybridized carbons (Fsp3) is 0.733. The Hall–Kier alpha value is -1.36. The van der Waals surface area contributed by atoms with E-state index >= 15 is 0 Å². The predicted octanol–water partition coefficient (Wildman–Crippen LogP) is 3.12. The second kappa shape index (κ2) is 6.39. The maximum absolute atomic E-state index is 5.49. The summed E-state index contributed by atoms with van der Waals surface area (Å²) in [6.07, 6.45) is 3.69. The van der Waals surface area contributed by atoms with Gasteiger partial charge in [0.2, 0.25) is 0 Å². The van der Waals surface area contributed by atoms with Crippen LogP contribution in [-0.2, 0) is 0 Å². The van der Waals surface area contributed by atoms with Crippen LogP contribution in [-0.4, -0.2) is 16.0 Å². The van der Waals surface area contributed by atoms with E-state index in [1.165, 1.54) is 19.3 Å². The van der Waals surface area contributed by atoms with Gasteiger partial charge in [-0.15, -0.1) is 0 Å². The van der Waals surface area contributed by atoms with E-state index in [2.05, 4.69) is 48.4 Å². The van der Waals surface area contributed by atoms with Crippen molar-refractivity contribution in [3.8, 4) is 0 Å². The number of nitrogens with zero attached hydrogens (tertiary/aromatic N) is 2. The van der Waals surface area contributed by atoms with E-state index in [9.17, 15) is 0 Å². The normalized spacial score (nSPS) is 26.6. The standard InChI is InChI=1S/C15H27N5/c1-9(2)15-18-13(8-14(19-15)20-16)17-12-6-5-10(3)11(4)7-12/h8-12H,5-7,16H2,1-4H3,(H2,17,18,19,20). The highest BCUT2D eigenvalue weighted by Crippen LogP contribution is 2.31. The van der Waals surface area contributed by atoms with Crippen molar-refractivity contribution in [1.29, 1.82) is 0 Å². The third-order valence-electron chi connectivity index (χ3n) is 4.36. The zero-order valence-corrected chi connectivity index (χ0v) is 13.0. The van der Waals surface area contributed by atoms with E-state index in [0.29, 0.717) is 11.9 Å². The van der Waals surface area contributed by atoms with E-state index in [0.717, 1.165) is 23.5 Å². The summed E-state index contributed by atoms with van der Waals surface area (Å²) >= 11 is 0. The summed E-state index contributed by atoms with van der Waals surface area (Å²) in [5, 5.41) is 3.56. The van der Waals surface area contributed by atoms with Crippen molar-refractivity contribution in [1.82, 2.24) is 9.97 Å². The van der Waals surface area contributed by atoms with Gasteiger partial charge in [0.1, 0.15) is 17.5 Å². The summed E-state index contributed by atoms with van der Waals surface area (Å²) in [5.41, 5.74) is 2.62. The van der Waals surface area contributed by atoms with Crippen molar-refractivity contribution in [3.05, 3.63) is 11.9 Å². The van der Waals surface area contributed by atoms with Crippen molar-refractivity contribution in [2.24, 2.45) is 17.7 Å². The maximum atomic E-state index is 5.49. The number of rotatable bonds is 4. The summed E-state index contributed by atoms with van der Waals surface area (Å²) < 4.78 is 0. The summed E-state index contributed by atoms with van der Waals surface area (Å²) in [5.74, 6) is 9.74. The summed E-state index contributed by atoms with van der Waals surface area (Å²) in [6.45, 7) is 8.86. The molecule has 0 aliphatic heterocycles. The van der Waals surface area contributed by atoms with Crippen molar-refractivity contribution in [3.63, 3.8) is 0 Å². The zero-order valence-electron chi connectivity index (χ0n) is 13.0. The molecule has 0 saturated heterocycles. The molecule has 1 fully saturated rings. The largest absolute Gasteiger partial charge is 0.367 e. The Balaban J connectivity index is 2.10. The molecule has 0 bridgehead atoms. The molecule has 1 saturated carbocycles. The maximum Gasteiger partial charge on any atom is 0.145 e. The van der Waals surface area contributed by atoms with Crippen LogP contribution in [0.2, 0.25) is 0 Å². The minimum atomic E-state index is 0.286. The van der Waals surface area contributed by atoms with Crippen LogP contribution in [0.25, 0.3) is 0 Å². The lowest BCUT2D eigenvalue weighted by Gasteiger charge is -2.32. The number of hydrogen-bond acceptors (Lipinski definition) is 5. The average molecular weight is 277 g/mol. The Bertz CT molecular complexity index is 446. The van der Waals surface area contributed by atoms with Gasteiger partial charge in [-0.3, -0.25) is 0 Å². The number of nitrogen functional groups attached to an aromatic ring is 1. The highest BCUT2D eigenvalue weighted by atomic mass is 15.3. The molecule has 0 spiro atoms. The van der Waals surface area contributed by atoms with Crippen LogP contribution < -0.4 is 16.6 Å². The summed E-state index contributed by atoms with van der Waals surface area (Å²) in [7, 11) is 0. The first kappa shape index (κ1) is 15.0. The van der Waals surface area contributed by atoms with Crippen LogP contribution in [0.5, 0.6) is 0 Å². The second-order valence-electron chi connectivity index (χ2n) is 6.40. The molecule has 2 rings (SSSR count). The van der Waals surface area contributed by atoms with E-state index in [-0.39, 0.29) is 5.92 Å². The molecule has 20 heavy (non-hydrogen) atoms. The lowest BCUT2D eigenvalue weighted by Crippen LogP contribution is -2.30. The molecule has 1 aromatic rings. The van der Waals surface area contributed by atoms with E-state index in [1.807, 2.05) is 6.07 Å². The average Bonchev–Trinajstić information content (AvgIpc) is 2.42. The topological polar surface area (TPSA) is 75.9 Å². The first-order valence-corrected chi connectivity index (χ1v) is 7.61. The molecular weight excluding hydrogens is 250 g/mol. The van der Waals surface area contributed by atoms with E-state index in [1.54, 1.807) is 0 Å². The molecule has 1 heterocycles. The molecule has 112 valence electrons. The predicted molar refractivity (Wildman–Crippen MR) is 83.5 cm³/mol. The van der Waals surface area contributed by atoms with Crippen LogP contribution in [0, 0.1) is 11.8 Å². The fourth-order valence-corrected chi connectivity index (χ4v) is 2.76. The second-order valence-corrected chi connectivity index (χ2v) is 6.40. The van der Waals surface area contributed by atoms with Gasteiger partial charge in [0, 0.05) is 18.0 Å². The summed E-state index contributed by atoms with van der Waals surface area (Å²) in [4.78, 5) is 8.99. The van der Waals surface area contributed by atoms with Gasteiger partial charge in [0.15, 0.2) is 0 Å². The quantitative estimate of drug-likeness (QED) is 0.582. The molecule has 5 nitrogen and oxygen atoms in total. The minimum absolute atomic E-state index is 0.286. The fourth-order valence-electron chi connectivity index (χ4n) is 2.76. The first-order valence-electron chi connectivity index (χ1n) is 7.61. The third-order valence-corrected chi connectivity index (χ3v) is 4.36. The minimum Gasteiger partial charge on any atom is -0.367 e. The Kier molecular flexibility index (Phi) is 4.81. The zero-order chi connectivity index (χ0) is 14.7. The molecule has 1 aromatic heterocycles. The van der Waals surface area contributed by atoms with Gasteiger partial charge < -0.3 is 10.7 Å². The van der Waals surface area contributed by atoms with Crippen LogP contribution in [0.3, 0.4) is 0 Å². The molecule has 4 N–H and O–H groups in total. The molecule has 0 radical (unpaired) electrons. The molecule has 1 aliphatic carbocycles. The Morgan fingerprint density at radius 3 is 2.45 bits per heavy atom. The highest BCUT2D eigenvalue weighted by Gasteiger charge is 2.24. The Morgan fingerprint density at radius 1 is 1.15 bits per heavy atom. The summed E-state index contributed by atoms with van der Waals surface area (Å²) in [6, 6.07) is 2.39. The van der Waals surface area contributed by atoms with Gasteiger partial charge in [-0.2, -0.15) is 0 Å². The Morgan fingerprint density at radius 2 is 1.85 bits per heavy atom. The van der Waals surface area contributed by atoms with Gasteiger partial charge in [0.25, 0.3) is 0 Å². The van der Waals surface area contributed by atoms with Gasteiger partial charge in [0.05, 0.1) is 0 Å². The SMILES string of the molecule is CC(C)c1nc(NN)cc(NC2CCC(C)C(C)C2)n1. The first-order chi connectivity index (χ1) is 9.49. The number of nitrogens with one attached hydrogen (secondary N) is 2. The molecule has 0 aromatic carbocycles. The van der Waals surface area contributed by atoms with E-state index in [4.69, 9.17) is 5.84 Å². The van der Waals surface area contributed by atoms with Crippen molar-refractivity contribution in [2.75, 3.05) is 10.7 Å². The number of anilines is 2. The lowest BCUT2D eigenvalue weighted by molar-refractivity contribution is 0.260. The molecule has 3 atom stereocenters. The van der Waals surface area contributed by atoms with Gasteiger partial charge in [-0.05, 0) is 31.1 Å².